The van der Waals surface area contributed by atoms with Crippen LogP contribution in [0.15, 0.2) is 47.4 Å². The first kappa shape index (κ1) is 20.4. The Hall–Kier alpha value is -3.31. The number of nitro groups is 1. The second kappa shape index (κ2) is 7.60. The third kappa shape index (κ3) is 3.69. The number of nitrogens with zero attached hydrogens (tertiary/aromatic N) is 3. The van der Waals surface area contributed by atoms with Gasteiger partial charge in [-0.05, 0) is 30.3 Å². The SMILES string of the molecule is CN(C)S(=O)(=O)c1ccc(OCCN2C(=O)c3cccc([N+](=O)[O-])c3C2=O)cc1. The van der Waals surface area contributed by atoms with E-state index in [0.29, 0.717) is 5.75 Å². The Balaban J connectivity index is 1.67. The molecule has 0 N–H and O–H groups in total. The molecule has 0 atom stereocenters. The highest BCUT2D eigenvalue weighted by Crippen LogP contribution is 2.30. The highest BCUT2D eigenvalue weighted by atomic mass is 32.2. The average Bonchev–Trinajstić information content (AvgIpc) is 2.93. The minimum atomic E-state index is -3.56. The molecule has 0 aliphatic carbocycles. The highest BCUT2D eigenvalue weighted by Gasteiger charge is 2.40. The lowest BCUT2D eigenvalue weighted by Gasteiger charge is -2.15. The van der Waals surface area contributed by atoms with Gasteiger partial charge in [-0.1, -0.05) is 6.07 Å². The van der Waals surface area contributed by atoms with Crippen molar-refractivity contribution in [2.75, 3.05) is 27.2 Å². The van der Waals surface area contributed by atoms with Gasteiger partial charge in [0.05, 0.1) is 21.9 Å². The predicted octanol–water partition coefficient (Wildman–Crippen LogP) is 1.52. The molecular formula is C18H17N3O7S. The smallest absolute Gasteiger partial charge is 0.282 e. The van der Waals surface area contributed by atoms with Crippen molar-refractivity contribution in [3.63, 3.8) is 0 Å². The van der Waals surface area contributed by atoms with E-state index >= 15 is 0 Å². The summed E-state index contributed by atoms with van der Waals surface area (Å²) in [5.74, 6) is -1.01. The normalized spacial score (nSPS) is 13.7. The molecule has 1 heterocycles. The molecule has 1 aliphatic heterocycles. The molecule has 1 aliphatic rings. The summed E-state index contributed by atoms with van der Waals surface area (Å²) in [5.41, 5.74) is -0.648. The second-order valence-electron chi connectivity index (χ2n) is 6.33. The third-order valence-electron chi connectivity index (χ3n) is 4.36. The van der Waals surface area contributed by atoms with Crippen LogP contribution < -0.4 is 4.74 Å². The maximum atomic E-state index is 12.5. The number of fused-ring (bicyclic) bond motifs is 1. The summed E-state index contributed by atoms with van der Waals surface area (Å²) < 4.78 is 30.7. The van der Waals surface area contributed by atoms with Crippen LogP contribution >= 0.6 is 0 Å². The van der Waals surface area contributed by atoms with E-state index in [1.165, 1.54) is 56.6 Å². The average molecular weight is 419 g/mol. The quantitative estimate of drug-likeness (QED) is 0.378. The molecular weight excluding hydrogens is 402 g/mol. The molecule has 11 heteroatoms. The Morgan fingerprint density at radius 2 is 1.72 bits per heavy atom. The van der Waals surface area contributed by atoms with Gasteiger partial charge < -0.3 is 4.74 Å². The van der Waals surface area contributed by atoms with Crippen molar-refractivity contribution in [1.82, 2.24) is 9.21 Å². The van der Waals surface area contributed by atoms with E-state index in [1.54, 1.807) is 0 Å². The number of nitro benzene ring substituents is 1. The van der Waals surface area contributed by atoms with Gasteiger partial charge >= 0.3 is 0 Å². The lowest BCUT2D eigenvalue weighted by molar-refractivity contribution is -0.385. The van der Waals surface area contributed by atoms with Crippen molar-refractivity contribution in [1.29, 1.82) is 0 Å². The predicted molar refractivity (Wildman–Crippen MR) is 101 cm³/mol. The van der Waals surface area contributed by atoms with Gasteiger partial charge in [0, 0.05) is 20.2 Å². The molecule has 0 fully saturated rings. The number of amides is 2. The fraction of sp³-hybridized carbons (Fsp3) is 0.222. The number of imide groups is 1. The van der Waals surface area contributed by atoms with Crippen LogP contribution in [-0.2, 0) is 10.0 Å². The Labute approximate surface area is 166 Å². The summed E-state index contributed by atoms with van der Waals surface area (Å²) in [6.45, 7) is -0.166. The topological polar surface area (TPSA) is 127 Å². The number of carbonyl (C=O) groups excluding carboxylic acids is 2. The molecule has 2 aromatic carbocycles. The summed E-state index contributed by atoms with van der Waals surface area (Å²) in [6, 6.07) is 9.59. The number of rotatable bonds is 7. The van der Waals surface area contributed by atoms with Crippen molar-refractivity contribution < 1.29 is 27.7 Å². The van der Waals surface area contributed by atoms with Crippen molar-refractivity contribution >= 4 is 27.5 Å². The number of hydrogen-bond acceptors (Lipinski definition) is 7. The Morgan fingerprint density at radius 3 is 2.31 bits per heavy atom. The van der Waals surface area contributed by atoms with Gasteiger partial charge in [0.1, 0.15) is 17.9 Å². The molecule has 152 valence electrons. The largest absolute Gasteiger partial charge is 0.492 e. The van der Waals surface area contributed by atoms with E-state index in [9.17, 15) is 28.1 Å². The number of carbonyl (C=O) groups is 2. The number of sulfonamides is 1. The first-order chi connectivity index (χ1) is 13.6. The number of benzene rings is 2. The molecule has 10 nitrogen and oxygen atoms in total. The van der Waals surface area contributed by atoms with Crippen LogP contribution in [0.2, 0.25) is 0 Å². The standard InChI is InChI=1S/C18H17N3O7S/c1-19(2)29(26,27)13-8-6-12(7-9-13)28-11-10-20-17(22)14-4-3-5-15(21(24)25)16(14)18(20)23/h3-9H,10-11H2,1-2H3. The minimum absolute atomic E-state index is 0.0116. The van der Waals surface area contributed by atoms with Gasteiger partial charge in [0.2, 0.25) is 10.0 Å². The lowest BCUT2D eigenvalue weighted by Crippen LogP contribution is -2.33. The van der Waals surface area contributed by atoms with Gasteiger partial charge in [-0.25, -0.2) is 12.7 Å². The Bertz CT molecular complexity index is 1090. The van der Waals surface area contributed by atoms with Crippen LogP contribution in [0.1, 0.15) is 20.7 Å². The molecule has 2 amide bonds. The molecule has 0 spiro atoms. The summed E-state index contributed by atoms with van der Waals surface area (Å²) in [4.78, 5) is 36.3. The van der Waals surface area contributed by atoms with Crippen molar-refractivity contribution in [2.24, 2.45) is 0 Å². The first-order valence-electron chi connectivity index (χ1n) is 8.43. The summed E-state index contributed by atoms with van der Waals surface area (Å²) in [7, 11) is -0.713. The molecule has 0 bridgehead atoms. The van der Waals surface area contributed by atoms with Crippen LogP contribution in [0.4, 0.5) is 5.69 Å². The van der Waals surface area contributed by atoms with E-state index in [1.807, 2.05) is 0 Å². The van der Waals surface area contributed by atoms with Gasteiger partial charge in [-0.3, -0.25) is 24.6 Å². The molecule has 29 heavy (non-hydrogen) atoms. The summed E-state index contributed by atoms with van der Waals surface area (Å²) in [6.07, 6.45) is 0. The fourth-order valence-electron chi connectivity index (χ4n) is 2.84. The van der Waals surface area contributed by atoms with Crippen molar-refractivity contribution in [2.45, 2.75) is 4.90 Å². The van der Waals surface area contributed by atoms with Gasteiger partial charge in [0.25, 0.3) is 17.5 Å². The molecule has 0 saturated heterocycles. The summed E-state index contributed by atoms with van der Waals surface area (Å²) in [5, 5.41) is 11.1. The zero-order valence-electron chi connectivity index (χ0n) is 15.6. The lowest BCUT2D eigenvalue weighted by atomic mass is 10.1. The van der Waals surface area contributed by atoms with E-state index in [-0.39, 0.29) is 29.2 Å². The maximum absolute atomic E-state index is 12.5. The maximum Gasteiger partial charge on any atom is 0.282 e. The molecule has 2 aromatic rings. The molecule has 3 rings (SSSR count). The number of ether oxygens (including phenoxy) is 1. The minimum Gasteiger partial charge on any atom is -0.492 e. The van der Waals surface area contributed by atoms with E-state index in [0.717, 1.165) is 9.21 Å². The fourth-order valence-corrected chi connectivity index (χ4v) is 3.75. The zero-order chi connectivity index (χ0) is 21.3. The van der Waals surface area contributed by atoms with Gasteiger partial charge in [0.15, 0.2) is 0 Å². The molecule has 0 radical (unpaired) electrons. The van der Waals surface area contributed by atoms with Crippen LogP contribution in [0, 0.1) is 10.1 Å². The van der Waals surface area contributed by atoms with Gasteiger partial charge in [-0.15, -0.1) is 0 Å². The monoisotopic (exact) mass is 419 g/mol. The zero-order valence-corrected chi connectivity index (χ0v) is 16.4. The van der Waals surface area contributed by atoms with Crippen molar-refractivity contribution in [3.8, 4) is 5.75 Å². The number of hydrogen-bond donors (Lipinski definition) is 0. The first-order valence-corrected chi connectivity index (χ1v) is 9.87. The Morgan fingerprint density at radius 1 is 1.07 bits per heavy atom. The molecule has 0 aromatic heterocycles. The van der Waals surface area contributed by atoms with Crippen LogP contribution in [-0.4, -0.2) is 61.6 Å². The van der Waals surface area contributed by atoms with Crippen molar-refractivity contribution in [3.05, 3.63) is 63.7 Å². The van der Waals surface area contributed by atoms with Crippen LogP contribution in [0.3, 0.4) is 0 Å². The van der Waals surface area contributed by atoms with E-state index < -0.39 is 32.4 Å². The van der Waals surface area contributed by atoms with Gasteiger partial charge in [-0.2, -0.15) is 0 Å². The highest BCUT2D eigenvalue weighted by molar-refractivity contribution is 7.89. The summed E-state index contributed by atoms with van der Waals surface area (Å²) >= 11 is 0. The third-order valence-corrected chi connectivity index (χ3v) is 6.19. The molecule has 0 saturated carbocycles. The molecule has 0 unspecified atom stereocenters. The van der Waals surface area contributed by atoms with E-state index in [2.05, 4.69) is 0 Å². The Kier molecular flexibility index (Phi) is 5.36. The van der Waals surface area contributed by atoms with Crippen LogP contribution in [0.5, 0.6) is 5.75 Å². The van der Waals surface area contributed by atoms with E-state index in [4.69, 9.17) is 4.74 Å². The van der Waals surface area contributed by atoms with Crippen LogP contribution in [0.25, 0.3) is 0 Å². The second-order valence-corrected chi connectivity index (χ2v) is 8.48.